The quantitative estimate of drug-likeness (QED) is 0.896. The standard InChI is InChI=1S/C18H28N4O2/c1-2-21-10-3-4-15(13-21)12-20-18(23)22-11-7-17(14-22)24-16-5-8-19-9-6-16/h5-6,8-9,15,17H,2-4,7,10-14H2,1H3,(H,20,23)/t15-,17+/m1/s1. The van der Waals surface area contributed by atoms with Crippen LogP contribution in [0.4, 0.5) is 4.79 Å². The van der Waals surface area contributed by atoms with Gasteiger partial charge in [-0.25, -0.2) is 4.79 Å². The number of hydrogen-bond acceptors (Lipinski definition) is 4. The molecule has 2 saturated heterocycles. The maximum absolute atomic E-state index is 12.4. The van der Waals surface area contributed by atoms with E-state index in [4.69, 9.17) is 4.74 Å². The van der Waals surface area contributed by atoms with Crippen molar-refractivity contribution in [3.8, 4) is 5.75 Å². The Bertz CT molecular complexity index is 525. The van der Waals surface area contributed by atoms with Crippen LogP contribution < -0.4 is 10.1 Å². The molecule has 2 fully saturated rings. The summed E-state index contributed by atoms with van der Waals surface area (Å²) in [5.74, 6) is 1.40. The van der Waals surface area contributed by atoms with Gasteiger partial charge in [-0.1, -0.05) is 6.92 Å². The Morgan fingerprint density at radius 1 is 1.29 bits per heavy atom. The predicted molar refractivity (Wildman–Crippen MR) is 93.1 cm³/mol. The van der Waals surface area contributed by atoms with Gasteiger partial charge in [-0.2, -0.15) is 0 Å². The fourth-order valence-corrected chi connectivity index (χ4v) is 3.57. The Kier molecular flexibility index (Phi) is 5.91. The average molecular weight is 332 g/mol. The van der Waals surface area contributed by atoms with E-state index in [1.807, 2.05) is 17.0 Å². The van der Waals surface area contributed by atoms with E-state index in [9.17, 15) is 4.79 Å². The molecule has 1 aromatic rings. The molecule has 2 atom stereocenters. The molecular formula is C18H28N4O2. The second kappa shape index (κ2) is 8.33. The molecule has 0 radical (unpaired) electrons. The molecule has 3 heterocycles. The number of carbonyl (C=O) groups is 1. The number of hydrogen-bond donors (Lipinski definition) is 1. The fourth-order valence-electron chi connectivity index (χ4n) is 3.57. The number of carbonyl (C=O) groups excluding carboxylic acids is 1. The molecule has 0 saturated carbocycles. The average Bonchev–Trinajstić information content (AvgIpc) is 3.09. The van der Waals surface area contributed by atoms with Crippen LogP contribution in [0.15, 0.2) is 24.5 Å². The zero-order valence-electron chi connectivity index (χ0n) is 14.5. The number of nitrogens with zero attached hydrogens (tertiary/aromatic N) is 3. The van der Waals surface area contributed by atoms with E-state index in [1.165, 1.54) is 19.4 Å². The number of amides is 2. The lowest BCUT2D eigenvalue weighted by Crippen LogP contribution is -2.45. The van der Waals surface area contributed by atoms with Crippen LogP contribution in [0.1, 0.15) is 26.2 Å². The van der Waals surface area contributed by atoms with Crippen LogP contribution in [0.3, 0.4) is 0 Å². The summed E-state index contributed by atoms with van der Waals surface area (Å²) >= 11 is 0. The van der Waals surface area contributed by atoms with E-state index in [-0.39, 0.29) is 12.1 Å². The van der Waals surface area contributed by atoms with Crippen LogP contribution in [0.5, 0.6) is 5.75 Å². The highest BCUT2D eigenvalue weighted by Gasteiger charge is 2.28. The third-order valence-electron chi connectivity index (χ3n) is 4.98. The van der Waals surface area contributed by atoms with Crippen molar-refractivity contribution in [3.63, 3.8) is 0 Å². The van der Waals surface area contributed by atoms with Crippen LogP contribution >= 0.6 is 0 Å². The first kappa shape index (κ1) is 17.0. The highest BCUT2D eigenvalue weighted by Crippen LogP contribution is 2.18. The van der Waals surface area contributed by atoms with Crippen molar-refractivity contribution in [2.45, 2.75) is 32.3 Å². The van der Waals surface area contributed by atoms with Gasteiger partial charge in [0.25, 0.3) is 0 Å². The summed E-state index contributed by atoms with van der Waals surface area (Å²) in [5, 5.41) is 3.12. The van der Waals surface area contributed by atoms with Gasteiger partial charge >= 0.3 is 6.03 Å². The number of piperidine rings is 1. The summed E-state index contributed by atoms with van der Waals surface area (Å²) in [6.07, 6.45) is 6.84. The molecule has 6 heteroatoms. The second-order valence-electron chi connectivity index (χ2n) is 6.75. The Balaban J connectivity index is 1.40. The third kappa shape index (κ3) is 4.60. The smallest absolute Gasteiger partial charge is 0.317 e. The maximum Gasteiger partial charge on any atom is 0.317 e. The Morgan fingerprint density at radius 3 is 2.92 bits per heavy atom. The second-order valence-corrected chi connectivity index (χ2v) is 6.75. The minimum atomic E-state index is 0.0458. The van der Waals surface area contributed by atoms with Gasteiger partial charge in [-0.05, 0) is 44.0 Å². The molecule has 1 N–H and O–H groups in total. The monoisotopic (exact) mass is 332 g/mol. The van der Waals surface area contributed by atoms with E-state index >= 15 is 0 Å². The summed E-state index contributed by atoms with van der Waals surface area (Å²) in [4.78, 5) is 20.7. The van der Waals surface area contributed by atoms with Crippen molar-refractivity contribution in [2.24, 2.45) is 5.92 Å². The summed E-state index contributed by atoms with van der Waals surface area (Å²) in [6, 6.07) is 3.75. The predicted octanol–water partition coefficient (Wildman–Crippen LogP) is 1.98. The number of pyridine rings is 1. The van der Waals surface area contributed by atoms with Gasteiger partial charge in [0.2, 0.25) is 0 Å². The molecule has 2 aliphatic rings. The van der Waals surface area contributed by atoms with E-state index in [2.05, 4.69) is 22.1 Å². The van der Waals surface area contributed by atoms with Gasteiger partial charge in [0.05, 0.1) is 6.54 Å². The number of ether oxygens (including phenoxy) is 1. The van der Waals surface area contributed by atoms with Crippen LogP contribution in [-0.2, 0) is 0 Å². The Morgan fingerprint density at radius 2 is 2.12 bits per heavy atom. The van der Waals surface area contributed by atoms with Gasteiger partial charge < -0.3 is 19.9 Å². The zero-order chi connectivity index (χ0) is 16.8. The largest absolute Gasteiger partial charge is 0.488 e. The topological polar surface area (TPSA) is 57.7 Å². The fraction of sp³-hybridized carbons (Fsp3) is 0.667. The lowest BCUT2D eigenvalue weighted by Gasteiger charge is -2.32. The molecular weight excluding hydrogens is 304 g/mol. The molecule has 1 aromatic heterocycles. The number of nitrogens with one attached hydrogen (secondary N) is 1. The Hall–Kier alpha value is -1.82. The lowest BCUT2D eigenvalue weighted by molar-refractivity contribution is 0.169. The summed E-state index contributed by atoms with van der Waals surface area (Å²) in [7, 11) is 0. The van der Waals surface area contributed by atoms with E-state index in [1.54, 1.807) is 12.4 Å². The third-order valence-corrected chi connectivity index (χ3v) is 4.98. The molecule has 3 rings (SSSR count). The highest BCUT2D eigenvalue weighted by molar-refractivity contribution is 5.74. The van der Waals surface area contributed by atoms with Gasteiger partial charge in [0.15, 0.2) is 0 Å². The maximum atomic E-state index is 12.4. The minimum Gasteiger partial charge on any atom is -0.488 e. The van der Waals surface area contributed by atoms with Gasteiger partial charge in [-0.3, -0.25) is 4.98 Å². The molecule has 24 heavy (non-hydrogen) atoms. The Labute approximate surface area is 144 Å². The zero-order valence-corrected chi connectivity index (χ0v) is 14.5. The SMILES string of the molecule is CCN1CCC[C@H](CNC(=O)N2CC[C@H](Oc3ccncc3)C2)C1. The molecule has 2 amide bonds. The van der Waals surface area contributed by atoms with Gasteiger partial charge in [0, 0.05) is 38.4 Å². The number of likely N-dealkylation sites (tertiary alicyclic amines) is 2. The first-order chi connectivity index (χ1) is 11.7. The van der Waals surface area contributed by atoms with Crippen molar-refractivity contribution >= 4 is 6.03 Å². The molecule has 0 aliphatic carbocycles. The number of urea groups is 1. The highest BCUT2D eigenvalue weighted by atomic mass is 16.5. The summed E-state index contributed by atoms with van der Waals surface area (Å²) < 4.78 is 5.91. The van der Waals surface area contributed by atoms with Gasteiger partial charge in [-0.15, -0.1) is 0 Å². The van der Waals surface area contributed by atoms with Crippen molar-refractivity contribution in [2.75, 3.05) is 39.3 Å². The minimum absolute atomic E-state index is 0.0458. The number of aromatic nitrogens is 1. The molecule has 2 aliphatic heterocycles. The van der Waals surface area contributed by atoms with Crippen LogP contribution in [0, 0.1) is 5.92 Å². The van der Waals surface area contributed by atoms with Gasteiger partial charge in [0.1, 0.15) is 11.9 Å². The summed E-state index contributed by atoms with van der Waals surface area (Å²) in [5.41, 5.74) is 0. The molecule has 132 valence electrons. The molecule has 0 aromatic carbocycles. The molecule has 6 nitrogen and oxygen atoms in total. The first-order valence-corrected chi connectivity index (χ1v) is 9.06. The van der Waals surface area contributed by atoms with Crippen molar-refractivity contribution in [1.29, 1.82) is 0 Å². The summed E-state index contributed by atoms with van der Waals surface area (Å²) in [6.45, 7) is 7.79. The van der Waals surface area contributed by atoms with E-state index < -0.39 is 0 Å². The lowest BCUT2D eigenvalue weighted by atomic mass is 9.98. The van der Waals surface area contributed by atoms with Crippen molar-refractivity contribution < 1.29 is 9.53 Å². The molecule has 0 spiro atoms. The molecule has 0 bridgehead atoms. The van der Waals surface area contributed by atoms with Crippen molar-refractivity contribution in [1.82, 2.24) is 20.1 Å². The van der Waals surface area contributed by atoms with Crippen molar-refractivity contribution in [3.05, 3.63) is 24.5 Å². The van der Waals surface area contributed by atoms with E-state index in [0.717, 1.165) is 38.3 Å². The van der Waals surface area contributed by atoms with Crippen LogP contribution in [-0.4, -0.2) is 66.2 Å². The van der Waals surface area contributed by atoms with E-state index in [0.29, 0.717) is 12.5 Å². The number of rotatable bonds is 5. The van der Waals surface area contributed by atoms with Crippen LogP contribution in [0.25, 0.3) is 0 Å². The molecule has 0 unspecified atom stereocenters. The van der Waals surface area contributed by atoms with Crippen LogP contribution in [0.2, 0.25) is 0 Å². The first-order valence-electron chi connectivity index (χ1n) is 9.06. The normalized spacial score (nSPS) is 24.8.